The highest BCUT2D eigenvalue weighted by molar-refractivity contribution is 6.90. The molecule has 0 radical (unpaired) electrons. The Kier molecular flexibility index (Phi) is 9.37. The zero-order valence-electron chi connectivity index (χ0n) is 25.7. The number of aromatic nitrogens is 3. The quantitative estimate of drug-likeness (QED) is 0.239. The molecule has 1 fully saturated rings. The van der Waals surface area contributed by atoms with Crippen molar-refractivity contribution in [2.45, 2.75) is 78.1 Å². The predicted molar refractivity (Wildman–Crippen MR) is 170 cm³/mol. The highest BCUT2D eigenvalue weighted by atomic mass is 28.3. The van der Waals surface area contributed by atoms with Gasteiger partial charge in [-0.2, -0.15) is 9.97 Å². The minimum absolute atomic E-state index is 0.000493. The van der Waals surface area contributed by atoms with E-state index in [-0.39, 0.29) is 6.10 Å². The lowest BCUT2D eigenvalue weighted by atomic mass is 10.2. The van der Waals surface area contributed by atoms with E-state index in [2.05, 4.69) is 104 Å². The maximum atomic E-state index is 6.02. The summed E-state index contributed by atoms with van der Waals surface area (Å²) in [7, 11) is 0.264. The predicted octanol–water partition coefficient (Wildman–Crippen LogP) is 6.88. The van der Waals surface area contributed by atoms with Crippen molar-refractivity contribution in [3.8, 4) is 17.3 Å². The average molecular weight is 559 g/mol. The van der Waals surface area contributed by atoms with E-state index in [9.17, 15) is 0 Å². The van der Waals surface area contributed by atoms with Crippen LogP contribution in [0.3, 0.4) is 0 Å². The fraction of sp³-hybridized carbons (Fsp3) is 0.531. The Balaban J connectivity index is 1.66. The summed E-state index contributed by atoms with van der Waals surface area (Å²) in [5, 5.41) is 4.20. The van der Waals surface area contributed by atoms with Gasteiger partial charge < -0.3 is 19.9 Å². The van der Waals surface area contributed by atoms with Gasteiger partial charge in [0, 0.05) is 55.4 Å². The van der Waals surface area contributed by atoms with Gasteiger partial charge in [-0.1, -0.05) is 47.5 Å². The number of anilines is 3. The SMILES string of the molecule is CC(C)Oc1cc(C#C[Si](C(C)C)(C(C)C)C(C)C)c2cnc(Nc3ccc(N4CCN(C)CC4)cc3)nc2n1. The molecule has 0 amide bonds. The molecule has 0 unspecified atom stereocenters. The van der Waals surface area contributed by atoms with E-state index in [0.29, 0.717) is 34.1 Å². The van der Waals surface area contributed by atoms with Crippen molar-refractivity contribution in [2.75, 3.05) is 43.4 Å². The maximum Gasteiger partial charge on any atom is 0.229 e. The number of hydrogen-bond acceptors (Lipinski definition) is 7. The third-order valence-electron chi connectivity index (χ3n) is 8.17. The van der Waals surface area contributed by atoms with Crippen LogP contribution >= 0.6 is 0 Å². The highest BCUT2D eigenvalue weighted by Crippen LogP contribution is 2.41. The van der Waals surface area contributed by atoms with E-state index in [1.807, 2.05) is 26.1 Å². The molecule has 0 saturated carbocycles. The summed E-state index contributed by atoms with van der Waals surface area (Å²) >= 11 is 0. The second-order valence-electron chi connectivity index (χ2n) is 12.2. The fourth-order valence-electron chi connectivity index (χ4n) is 6.01. The van der Waals surface area contributed by atoms with Crippen molar-refractivity contribution >= 4 is 36.4 Å². The van der Waals surface area contributed by atoms with Crippen LogP contribution in [0.5, 0.6) is 5.88 Å². The molecule has 0 bridgehead atoms. The minimum atomic E-state index is -1.91. The van der Waals surface area contributed by atoms with Gasteiger partial charge in [0.2, 0.25) is 11.8 Å². The second-order valence-corrected chi connectivity index (χ2v) is 17.8. The molecule has 0 atom stereocenters. The van der Waals surface area contributed by atoms with Crippen LogP contribution in [0.15, 0.2) is 36.5 Å². The van der Waals surface area contributed by atoms with Crippen LogP contribution in [0.2, 0.25) is 16.6 Å². The van der Waals surface area contributed by atoms with Gasteiger partial charge >= 0.3 is 0 Å². The Morgan fingerprint density at radius 3 is 2.08 bits per heavy atom. The van der Waals surface area contributed by atoms with E-state index in [0.717, 1.165) is 42.8 Å². The van der Waals surface area contributed by atoms with Crippen molar-refractivity contribution in [2.24, 2.45) is 0 Å². The Morgan fingerprint density at radius 2 is 1.50 bits per heavy atom. The largest absolute Gasteiger partial charge is 0.475 e. The number of piperazine rings is 1. The monoisotopic (exact) mass is 558 g/mol. The zero-order chi connectivity index (χ0) is 29.0. The van der Waals surface area contributed by atoms with Crippen molar-refractivity contribution < 1.29 is 4.74 Å². The molecule has 2 aromatic heterocycles. The van der Waals surface area contributed by atoms with E-state index in [1.165, 1.54) is 5.69 Å². The third kappa shape index (κ3) is 6.59. The molecule has 1 aliphatic rings. The van der Waals surface area contributed by atoms with Crippen LogP contribution in [0.25, 0.3) is 11.0 Å². The maximum absolute atomic E-state index is 6.02. The van der Waals surface area contributed by atoms with Crippen LogP contribution in [-0.4, -0.2) is 67.3 Å². The Labute approximate surface area is 241 Å². The average Bonchev–Trinajstić information content (AvgIpc) is 2.89. The molecule has 3 aromatic rings. The van der Waals surface area contributed by atoms with Crippen LogP contribution in [0, 0.1) is 11.5 Å². The number of benzene rings is 1. The molecule has 1 aliphatic heterocycles. The summed E-state index contributed by atoms with van der Waals surface area (Å²) in [5.41, 5.74) is 9.13. The van der Waals surface area contributed by atoms with Crippen LogP contribution < -0.4 is 15.0 Å². The lowest BCUT2D eigenvalue weighted by Gasteiger charge is -2.38. The number of nitrogens with one attached hydrogen (secondary N) is 1. The Morgan fingerprint density at radius 1 is 0.875 bits per heavy atom. The van der Waals surface area contributed by atoms with Gasteiger partial charge in [-0.15, -0.1) is 5.54 Å². The number of ether oxygens (including phenoxy) is 1. The third-order valence-corrected chi connectivity index (χ3v) is 14.5. The Bertz CT molecular complexity index is 1330. The second kappa shape index (κ2) is 12.6. The van der Waals surface area contributed by atoms with Gasteiger partial charge in [0.15, 0.2) is 5.65 Å². The topological polar surface area (TPSA) is 66.4 Å². The summed E-state index contributed by atoms with van der Waals surface area (Å²) in [5.74, 6) is 4.62. The molecule has 0 spiro atoms. The summed E-state index contributed by atoms with van der Waals surface area (Å²) in [6.07, 6.45) is 1.84. The number of hydrogen-bond donors (Lipinski definition) is 1. The molecule has 1 aromatic carbocycles. The van der Waals surface area contributed by atoms with Gasteiger partial charge in [-0.05, 0) is 61.8 Å². The molecule has 214 valence electrons. The zero-order valence-corrected chi connectivity index (χ0v) is 26.7. The summed E-state index contributed by atoms with van der Waals surface area (Å²) in [6.45, 7) is 22.3. The molecular weight excluding hydrogens is 512 g/mol. The van der Waals surface area contributed by atoms with Crippen molar-refractivity contribution in [1.82, 2.24) is 19.9 Å². The van der Waals surface area contributed by atoms with Gasteiger partial charge in [-0.3, -0.25) is 0 Å². The molecule has 40 heavy (non-hydrogen) atoms. The van der Waals surface area contributed by atoms with Gasteiger partial charge in [0.25, 0.3) is 0 Å². The molecule has 4 rings (SSSR count). The molecule has 1 N–H and O–H groups in total. The summed E-state index contributed by atoms with van der Waals surface area (Å²) in [4.78, 5) is 19.0. The first-order chi connectivity index (χ1) is 19.0. The highest BCUT2D eigenvalue weighted by Gasteiger charge is 2.41. The van der Waals surface area contributed by atoms with Crippen LogP contribution in [-0.2, 0) is 0 Å². The van der Waals surface area contributed by atoms with E-state index >= 15 is 0 Å². The molecule has 3 heterocycles. The lowest BCUT2D eigenvalue weighted by Crippen LogP contribution is -2.44. The van der Waals surface area contributed by atoms with Crippen LogP contribution in [0.4, 0.5) is 17.3 Å². The van der Waals surface area contributed by atoms with E-state index < -0.39 is 8.07 Å². The number of likely N-dealkylation sites (N-methyl/N-ethyl adjacent to an activating group) is 1. The Hall–Kier alpha value is -3.15. The first-order valence-electron chi connectivity index (χ1n) is 14.7. The van der Waals surface area contributed by atoms with E-state index in [1.54, 1.807) is 0 Å². The summed E-state index contributed by atoms with van der Waals surface area (Å²) in [6, 6.07) is 10.4. The van der Waals surface area contributed by atoms with Crippen molar-refractivity contribution in [1.29, 1.82) is 0 Å². The van der Waals surface area contributed by atoms with Crippen molar-refractivity contribution in [3.05, 3.63) is 42.1 Å². The first kappa shape index (κ1) is 29.8. The number of fused-ring (bicyclic) bond motifs is 1. The molecule has 1 saturated heterocycles. The molecule has 0 aliphatic carbocycles. The minimum Gasteiger partial charge on any atom is -0.475 e. The van der Waals surface area contributed by atoms with Crippen LogP contribution in [0.1, 0.15) is 61.0 Å². The molecule has 7 nitrogen and oxygen atoms in total. The summed E-state index contributed by atoms with van der Waals surface area (Å²) < 4.78 is 6.02. The fourth-order valence-corrected chi connectivity index (χ4v) is 11.2. The smallest absolute Gasteiger partial charge is 0.229 e. The standard InChI is InChI=1S/C32H46N6OSi/c1-22(2)39-30-20-26(14-19-40(23(3)4,24(5)6)25(7)8)29-21-33-32(36-31(29)35-30)34-27-10-12-28(13-11-27)38-17-15-37(9)16-18-38/h10-13,20-25H,15-18H2,1-9H3,(H,33,34,35,36). The van der Waals surface area contributed by atoms with Crippen molar-refractivity contribution in [3.63, 3.8) is 0 Å². The molecule has 8 heteroatoms. The van der Waals surface area contributed by atoms with Gasteiger partial charge in [0.1, 0.15) is 8.07 Å². The first-order valence-corrected chi connectivity index (χ1v) is 16.9. The van der Waals surface area contributed by atoms with E-state index in [4.69, 9.17) is 14.7 Å². The normalized spacial score (nSPS) is 14.8. The van der Waals surface area contributed by atoms with Gasteiger partial charge in [0.05, 0.1) is 11.5 Å². The lowest BCUT2D eigenvalue weighted by molar-refractivity contribution is 0.233. The number of rotatable bonds is 8. The molecular formula is C32H46N6OSi. The number of pyridine rings is 1. The van der Waals surface area contributed by atoms with Gasteiger partial charge in [-0.25, -0.2) is 4.98 Å². The number of nitrogens with zero attached hydrogens (tertiary/aromatic N) is 5.